The average molecular weight is 317 g/mol. The lowest BCUT2D eigenvalue weighted by Gasteiger charge is -2.26. The highest BCUT2D eigenvalue weighted by atomic mass is 16.7. The Balaban J connectivity index is 1.44. The Labute approximate surface area is 136 Å². The van der Waals surface area contributed by atoms with E-state index in [1.54, 1.807) is 0 Å². The molecule has 1 N–H and O–H groups in total. The van der Waals surface area contributed by atoms with Crippen LogP contribution >= 0.6 is 0 Å². The van der Waals surface area contributed by atoms with Gasteiger partial charge in [-0.2, -0.15) is 0 Å². The summed E-state index contributed by atoms with van der Waals surface area (Å²) in [5.41, 5.74) is 0.770. The molecule has 0 unspecified atom stereocenters. The summed E-state index contributed by atoms with van der Waals surface area (Å²) in [5, 5.41) is 3.01. The summed E-state index contributed by atoms with van der Waals surface area (Å²) < 4.78 is 17.5. The highest BCUT2D eigenvalue weighted by Crippen LogP contribution is 2.47. The van der Waals surface area contributed by atoms with Crippen molar-refractivity contribution in [3.63, 3.8) is 0 Å². The smallest absolute Gasteiger partial charge is 0.251 e. The monoisotopic (exact) mass is 317 g/mol. The molecule has 3 aliphatic rings. The highest BCUT2D eigenvalue weighted by Gasteiger charge is 2.44. The lowest BCUT2D eigenvalue weighted by atomic mass is 9.95. The largest absolute Gasteiger partial charge is 0.448 e. The number of carbonyl (C=O) groups is 1. The predicted octanol–water partition coefficient (Wildman–Crippen LogP) is 3.48. The molecule has 1 spiro atoms. The molecule has 5 heteroatoms. The molecule has 1 aromatic rings. The average Bonchev–Trinajstić information content (AvgIpc) is 3.13. The van der Waals surface area contributed by atoms with Crippen LogP contribution in [0, 0.1) is 5.92 Å². The number of nitrogens with one attached hydrogen (secondary N) is 1. The molecular formula is C18H23NO4. The number of hydrogen-bond donors (Lipinski definition) is 1. The Morgan fingerprint density at radius 3 is 2.78 bits per heavy atom. The van der Waals surface area contributed by atoms with Gasteiger partial charge in [0.05, 0.1) is 6.10 Å². The summed E-state index contributed by atoms with van der Waals surface area (Å²) in [6.45, 7) is 2.67. The van der Waals surface area contributed by atoms with Crippen LogP contribution in [0.5, 0.6) is 11.5 Å². The van der Waals surface area contributed by atoms with Crippen LogP contribution in [0.1, 0.15) is 45.4 Å². The maximum absolute atomic E-state index is 12.4. The zero-order valence-electron chi connectivity index (χ0n) is 13.5. The molecule has 0 bridgehead atoms. The Morgan fingerprint density at radius 2 is 2.00 bits per heavy atom. The van der Waals surface area contributed by atoms with E-state index in [2.05, 4.69) is 5.32 Å². The van der Waals surface area contributed by atoms with Crippen molar-refractivity contribution in [1.29, 1.82) is 0 Å². The van der Waals surface area contributed by atoms with Gasteiger partial charge < -0.3 is 19.5 Å². The molecule has 0 radical (unpaired) electrons. The first kappa shape index (κ1) is 14.8. The Kier molecular flexibility index (Phi) is 3.68. The molecule has 1 amide bonds. The first-order chi connectivity index (χ1) is 11.1. The van der Waals surface area contributed by atoms with Gasteiger partial charge in [-0.05, 0) is 44.7 Å². The Bertz CT molecular complexity index is 609. The van der Waals surface area contributed by atoms with Crippen LogP contribution < -0.4 is 14.8 Å². The molecule has 1 aromatic carbocycles. The second-order valence-electron chi connectivity index (χ2n) is 6.88. The van der Waals surface area contributed by atoms with Crippen LogP contribution in [-0.2, 0) is 9.53 Å². The van der Waals surface area contributed by atoms with E-state index in [9.17, 15) is 4.79 Å². The van der Waals surface area contributed by atoms with E-state index in [0.717, 1.165) is 55.7 Å². The second kappa shape index (κ2) is 5.71. The van der Waals surface area contributed by atoms with E-state index >= 15 is 0 Å². The van der Waals surface area contributed by atoms with Crippen LogP contribution in [-0.4, -0.2) is 24.4 Å². The van der Waals surface area contributed by atoms with Gasteiger partial charge in [0.2, 0.25) is 5.91 Å². The van der Waals surface area contributed by atoms with Crippen LogP contribution in [0.25, 0.3) is 0 Å². The Hall–Kier alpha value is -1.75. The fourth-order valence-corrected chi connectivity index (χ4v) is 3.77. The summed E-state index contributed by atoms with van der Waals surface area (Å²) >= 11 is 0. The zero-order valence-corrected chi connectivity index (χ0v) is 13.5. The number of amides is 1. The summed E-state index contributed by atoms with van der Waals surface area (Å²) in [6, 6.07) is 5.66. The highest BCUT2D eigenvalue weighted by molar-refractivity contribution is 5.93. The minimum absolute atomic E-state index is 0.0188. The van der Waals surface area contributed by atoms with E-state index in [4.69, 9.17) is 14.2 Å². The third-order valence-corrected chi connectivity index (χ3v) is 5.02. The molecule has 1 saturated heterocycles. The molecule has 1 aliphatic carbocycles. The number of hydrogen-bond acceptors (Lipinski definition) is 4. The van der Waals surface area contributed by atoms with E-state index in [1.165, 1.54) is 0 Å². The molecule has 124 valence electrons. The van der Waals surface area contributed by atoms with Gasteiger partial charge in [0.1, 0.15) is 0 Å². The first-order valence-electron chi connectivity index (χ1n) is 8.58. The molecule has 1 saturated carbocycles. The summed E-state index contributed by atoms with van der Waals surface area (Å²) in [7, 11) is 0. The van der Waals surface area contributed by atoms with E-state index in [0.29, 0.717) is 6.61 Å². The van der Waals surface area contributed by atoms with Crippen molar-refractivity contribution in [2.24, 2.45) is 5.92 Å². The van der Waals surface area contributed by atoms with Gasteiger partial charge in [0.15, 0.2) is 11.5 Å². The number of ether oxygens (including phenoxy) is 3. The normalized spacial score (nSPS) is 28.0. The van der Waals surface area contributed by atoms with Crippen LogP contribution in [0.3, 0.4) is 0 Å². The summed E-state index contributed by atoms with van der Waals surface area (Å²) in [4.78, 5) is 12.4. The molecule has 2 fully saturated rings. The maximum Gasteiger partial charge on any atom is 0.251 e. The SMILES string of the molecule is C[C@@H]1C[C@H](C(=O)Nc2ccc3c(c2)OC2(CCCC2)O3)CCO1. The van der Waals surface area contributed by atoms with Crippen molar-refractivity contribution < 1.29 is 19.0 Å². The number of anilines is 1. The van der Waals surface area contributed by atoms with Gasteiger partial charge in [-0.15, -0.1) is 0 Å². The van der Waals surface area contributed by atoms with Gasteiger partial charge in [-0.3, -0.25) is 4.79 Å². The van der Waals surface area contributed by atoms with E-state index < -0.39 is 5.79 Å². The lowest BCUT2D eigenvalue weighted by molar-refractivity contribution is -0.124. The second-order valence-corrected chi connectivity index (χ2v) is 6.88. The van der Waals surface area contributed by atoms with Crippen molar-refractivity contribution in [2.45, 2.75) is 57.3 Å². The van der Waals surface area contributed by atoms with Crippen molar-refractivity contribution in [3.8, 4) is 11.5 Å². The molecule has 2 aliphatic heterocycles. The van der Waals surface area contributed by atoms with Gasteiger partial charge in [-0.1, -0.05) is 0 Å². The van der Waals surface area contributed by atoms with Crippen molar-refractivity contribution in [1.82, 2.24) is 0 Å². The fourth-order valence-electron chi connectivity index (χ4n) is 3.77. The quantitative estimate of drug-likeness (QED) is 0.907. The lowest BCUT2D eigenvalue weighted by Crippen LogP contribution is -2.34. The van der Waals surface area contributed by atoms with Crippen LogP contribution in [0.2, 0.25) is 0 Å². The zero-order chi connectivity index (χ0) is 15.9. The maximum atomic E-state index is 12.4. The van der Waals surface area contributed by atoms with Gasteiger partial charge >= 0.3 is 0 Å². The topological polar surface area (TPSA) is 56.8 Å². The molecule has 23 heavy (non-hydrogen) atoms. The third kappa shape index (κ3) is 2.90. The minimum atomic E-state index is -0.457. The predicted molar refractivity (Wildman–Crippen MR) is 85.7 cm³/mol. The number of rotatable bonds is 2. The molecular weight excluding hydrogens is 294 g/mol. The number of benzene rings is 1. The minimum Gasteiger partial charge on any atom is -0.448 e. The van der Waals surface area contributed by atoms with Crippen molar-refractivity contribution in [2.75, 3.05) is 11.9 Å². The number of fused-ring (bicyclic) bond motifs is 1. The molecule has 0 aromatic heterocycles. The van der Waals surface area contributed by atoms with Gasteiger partial charge in [-0.25, -0.2) is 0 Å². The Morgan fingerprint density at radius 1 is 1.22 bits per heavy atom. The summed E-state index contributed by atoms with van der Waals surface area (Å²) in [5.74, 6) is 1.15. The molecule has 5 nitrogen and oxygen atoms in total. The summed E-state index contributed by atoms with van der Waals surface area (Å²) in [6.07, 6.45) is 5.85. The van der Waals surface area contributed by atoms with Crippen LogP contribution in [0.15, 0.2) is 18.2 Å². The van der Waals surface area contributed by atoms with Gasteiger partial charge in [0.25, 0.3) is 5.79 Å². The molecule has 2 heterocycles. The first-order valence-corrected chi connectivity index (χ1v) is 8.58. The van der Waals surface area contributed by atoms with E-state index in [1.807, 2.05) is 25.1 Å². The standard InChI is InChI=1S/C18H23NO4/c1-12-10-13(6-9-21-12)17(20)19-14-4-5-15-16(11-14)23-18(22-15)7-2-3-8-18/h4-5,11-13H,2-3,6-10H2,1H3,(H,19,20)/t12-,13-/m1/s1. The fraction of sp³-hybridized carbons (Fsp3) is 0.611. The van der Waals surface area contributed by atoms with Crippen LogP contribution in [0.4, 0.5) is 5.69 Å². The number of carbonyl (C=O) groups excluding carboxylic acids is 1. The molecule has 4 rings (SSSR count). The third-order valence-electron chi connectivity index (χ3n) is 5.02. The van der Waals surface area contributed by atoms with E-state index in [-0.39, 0.29) is 17.9 Å². The van der Waals surface area contributed by atoms with Crippen molar-refractivity contribution >= 4 is 11.6 Å². The van der Waals surface area contributed by atoms with Gasteiger partial charge in [0, 0.05) is 37.1 Å². The molecule has 2 atom stereocenters. The van der Waals surface area contributed by atoms with Crippen molar-refractivity contribution in [3.05, 3.63) is 18.2 Å².